The number of hydrogen-bond acceptors (Lipinski definition) is 5. The number of likely N-dealkylation sites (tertiary alicyclic amines) is 1. The summed E-state index contributed by atoms with van der Waals surface area (Å²) in [4.78, 5) is 42.3. The fourth-order valence-corrected chi connectivity index (χ4v) is 5.08. The quantitative estimate of drug-likeness (QED) is 0.511. The van der Waals surface area contributed by atoms with Crippen molar-refractivity contribution in [2.45, 2.75) is 72.4 Å². The van der Waals surface area contributed by atoms with Crippen molar-refractivity contribution in [3.05, 3.63) is 29.8 Å². The summed E-state index contributed by atoms with van der Waals surface area (Å²) in [7, 11) is 0. The Balaban J connectivity index is 1.57. The number of carbonyl (C=O) groups is 3. The first kappa shape index (κ1) is 27.2. The molecule has 35 heavy (non-hydrogen) atoms. The standard InChI is InChI=1S/C28H43N3O4/c1-19(2)15-25-27(33)31(14-11-29-25)26(16-20(3)4)28(34)30-12-9-22(10-13-30)18-35-24-8-6-7-23(17-24)21(5)32/h6-8,17,19-20,22,25-26,29H,9-16,18H2,1-5H3/t25-,26?/m0/s1. The van der Waals surface area contributed by atoms with E-state index in [1.165, 1.54) is 0 Å². The van der Waals surface area contributed by atoms with Gasteiger partial charge in [0, 0.05) is 31.7 Å². The van der Waals surface area contributed by atoms with Gasteiger partial charge < -0.3 is 19.9 Å². The monoisotopic (exact) mass is 485 g/mol. The lowest BCUT2D eigenvalue weighted by Gasteiger charge is -2.42. The molecule has 0 aromatic heterocycles. The molecule has 1 aromatic rings. The molecule has 0 radical (unpaired) electrons. The van der Waals surface area contributed by atoms with E-state index in [1.807, 2.05) is 21.9 Å². The second-order valence-corrected chi connectivity index (χ2v) is 11.0. The van der Waals surface area contributed by atoms with Crippen molar-refractivity contribution >= 4 is 17.6 Å². The van der Waals surface area contributed by atoms with Crippen LogP contribution >= 0.6 is 0 Å². The lowest BCUT2D eigenvalue weighted by Crippen LogP contribution is -2.62. The number of nitrogens with zero attached hydrogens (tertiary/aromatic N) is 2. The van der Waals surface area contributed by atoms with Gasteiger partial charge in [0.25, 0.3) is 0 Å². The third kappa shape index (κ3) is 7.53. The number of hydrogen-bond donors (Lipinski definition) is 1. The maximum Gasteiger partial charge on any atom is 0.245 e. The molecule has 0 saturated carbocycles. The molecule has 0 bridgehead atoms. The molecule has 2 fully saturated rings. The number of rotatable bonds is 10. The number of piperazine rings is 1. The normalized spacial score (nSPS) is 20.4. The van der Waals surface area contributed by atoms with Crippen LogP contribution in [0.4, 0.5) is 0 Å². The smallest absolute Gasteiger partial charge is 0.245 e. The molecule has 2 atom stereocenters. The van der Waals surface area contributed by atoms with E-state index in [0.29, 0.717) is 61.7 Å². The van der Waals surface area contributed by atoms with Crippen molar-refractivity contribution in [2.24, 2.45) is 17.8 Å². The number of piperidine rings is 1. The molecular formula is C28H43N3O4. The number of ketones is 1. The van der Waals surface area contributed by atoms with Gasteiger partial charge in [-0.2, -0.15) is 0 Å². The van der Waals surface area contributed by atoms with Gasteiger partial charge in [-0.1, -0.05) is 39.8 Å². The fraction of sp³-hybridized carbons (Fsp3) is 0.679. The Morgan fingerprint density at radius 2 is 1.80 bits per heavy atom. The van der Waals surface area contributed by atoms with Gasteiger partial charge in [-0.05, 0) is 62.5 Å². The summed E-state index contributed by atoms with van der Waals surface area (Å²) in [6.07, 6.45) is 3.23. The maximum absolute atomic E-state index is 13.6. The summed E-state index contributed by atoms with van der Waals surface area (Å²) in [6, 6.07) is 6.71. The van der Waals surface area contributed by atoms with Gasteiger partial charge >= 0.3 is 0 Å². The number of amides is 2. The third-order valence-corrected chi connectivity index (χ3v) is 7.04. The van der Waals surface area contributed by atoms with Gasteiger partial charge in [-0.15, -0.1) is 0 Å². The maximum atomic E-state index is 13.6. The van der Waals surface area contributed by atoms with Crippen LogP contribution in [0.15, 0.2) is 24.3 Å². The van der Waals surface area contributed by atoms with Crippen molar-refractivity contribution < 1.29 is 19.1 Å². The molecule has 2 amide bonds. The molecule has 0 aliphatic carbocycles. The van der Waals surface area contributed by atoms with E-state index in [4.69, 9.17) is 4.74 Å². The van der Waals surface area contributed by atoms with Crippen molar-refractivity contribution in [3.63, 3.8) is 0 Å². The Bertz CT molecular complexity index is 877. The molecule has 7 nitrogen and oxygen atoms in total. The van der Waals surface area contributed by atoms with E-state index in [0.717, 1.165) is 25.8 Å². The van der Waals surface area contributed by atoms with Crippen LogP contribution < -0.4 is 10.1 Å². The molecule has 7 heteroatoms. The van der Waals surface area contributed by atoms with Gasteiger partial charge in [-0.25, -0.2) is 0 Å². The summed E-state index contributed by atoms with van der Waals surface area (Å²) in [5.41, 5.74) is 0.650. The number of ether oxygens (including phenoxy) is 1. The second-order valence-electron chi connectivity index (χ2n) is 11.0. The Kier molecular flexibility index (Phi) is 9.72. The minimum absolute atomic E-state index is 0.0247. The number of benzene rings is 1. The first-order chi connectivity index (χ1) is 16.7. The Labute approximate surface area is 210 Å². The van der Waals surface area contributed by atoms with E-state index in [2.05, 4.69) is 33.0 Å². The molecule has 2 saturated heterocycles. The summed E-state index contributed by atoms with van der Waals surface area (Å²) in [6.45, 7) is 13.3. The van der Waals surface area contributed by atoms with Crippen LogP contribution in [0.25, 0.3) is 0 Å². The molecular weight excluding hydrogens is 442 g/mol. The number of Topliss-reactive ketones (excluding diaryl/α,β-unsaturated/α-hetero) is 1. The van der Waals surface area contributed by atoms with Crippen molar-refractivity contribution in [2.75, 3.05) is 32.8 Å². The van der Waals surface area contributed by atoms with Gasteiger partial charge in [0.2, 0.25) is 11.8 Å². The number of nitrogens with one attached hydrogen (secondary N) is 1. The van der Waals surface area contributed by atoms with Gasteiger partial charge in [0.05, 0.1) is 12.6 Å². The minimum Gasteiger partial charge on any atom is -0.493 e. The van der Waals surface area contributed by atoms with E-state index in [1.54, 1.807) is 19.1 Å². The molecule has 1 unspecified atom stereocenters. The molecule has 1 N–H and O–H groups in total. The van der Waals surface area contributed by atoms with Crippen LogP contribution in [-0.4, -0.2) is 72.3 Å². The highest BCUT2D eigenvalue weighted by atomic mass is 16.5. The molecule has 0 spiro atoms. The lowest BCUT2D eigenvalue weighted by molar-refractivity contribution is -0.150. The van der Waals surface area contributed by atoms with Gasteiger partial charge in [0.1, 0.15) is 11.8 Å². The summed E-state index contributed by atoms with van der Waals surface area (Å²) in [5, 5.41) is 3.35. The van der Waals surface area contributed by atoms with Crippen LogP contribution in [0, 0.1) is 17.8 Å². The van der Waals surface area contributed by atoms with Gasteiger partial charge in [0.15, 0.2) is 5.78 Å². The van der Waals surface area contributed by atoms with Crippen LogP contribution in [0.5, 0.6) is 5.75 Å². The van der Waals surface area contributed by atoms with Crippen LogP contribution in [0.2, 0.25) is 0 Å². The first-order valence-corrected chi connectivity index (χ1v) is 13.2. The molecule has 2 aliphatic rings. The lowest BCUT2D eigenvalue weighted by atomic mass is 9.94. The highest BCUT2D eigenvalue weighted by Crippen LogP contribution is 2.24. The van der Waals surface area contributed by atoms with Crippen molar-refractivity contribution in [3.8, 4) is 5.75 Å². The average Bonchev–Trinajstić information content (AvgIpc) is 2.82. The Morgan fingerprint density at radius 3 is 2.43 bits per heavy atom. The Hall–Kier alpha value is -2.41. The Morgan fingerprint density at radius 1 is 1.09 bits per heavy atom. The molecule has 2 aliphatic heterocycles. The minimum atomic E-state index is -0.388. The molecule has 194 valence electrons. The van der Waals surface area contributed by atoms with E-state index in [9.17, 15) is 14.4 Å². The van der Waals surface area contributed by atoms with E-state index in [-0.39, 0.29) is 29.7 Å². The summed E-state index contributed by atoms with van der Waals surface area (Å²) in [5.74, 6) is 2.00. The molecule has 2 heterocycles. The average molecular weight is 486 g/mol. The topological polar surface area (TPSA) is 79.0 Å². The van der Waals surface area contributed by atoms with Gasteiger partial charge in [-0.3, -0.25) is 14.4 Å². The van der Waals surface area contributed by atoms with Crippen LogP contribution in [-0.2, 0) is 9.59 Å². The molecule has 1 aromatic carbocycles. The third-order valence-electron chi connectivity index (χ3n) is 7.04. The highest BCUT2D eigenvalue weighted by molar-refractivity contribution is 5.94. The van der Waals surface area contributed by atoms with Crippen LogP contribution in [0.1, 0.15) is 70.7 Å². The molecule has 3 rings (SSSR count). The fourth-order valence-electron chi connectivity index (χ4n) is 5.08. The predicted octanol–water partition coefficient (Wildman–Crippen LogP) is 3.77. The zero-order valence-electron chi connectivity index (χ0n) is 22.1. The SMILES string of the molecule is CC(=O)c1cccc(OCC2CCN(C(=O)C(CC(C)C)N3CCN[C@@H](CC(C)C)C3=O)CC2)c1. The summed E-state index contributed by atoms with van der Waals surface area (Å²) < 4.78 is 5.97. The van der Waals surface area contributed by atoms with E-state index >= 15 is 0 Å². The van der Waals surface area contributed by atoms with Crippen LogP contribution in [0.3, 0.4) is 0 Å². The van der Waals surface area contributed by atoms with E-state index < -0.39 is 0 Å². The number of carbonyl (C=O) groups excluding carboxylic acids is 3. The largest absolute Gasteiger partial charge is 0.493 e. The van der Waals surface area contributed by atoms with Crippen molar-refractivity contribution in [1.82, 2.24) is 15.1 Å². The highest BCUT2D eigenvalue weighted by Gasteiger charge is 2.39. The summed E-state index contributed by atoms with van der Waals surface area (Å²) >= 11 is 0. The zero-order chi connectivity index (χ0) is 25.5. The van der Waals surface area contributed by atoms with Crippen molar-refractivity contribution in [1.29, 1.82) is 0 Å². The second kappa shape index (κ2) is 12.5. The first-order valence-electron chi connectivity index (χ1n) is 13.2. The predicted molar refractivity (Wildman–Crippen MR) is 137 cm³/mol. The zero-order valence-corrected chi connectivity index (χ0v) is 22.1.